The lowest BCUT2D eigenvalue weighted by molar-refractivity contribution is 0.484. The zero-order valence-corrected chi connectivity index (χ0v) is 14.2. The summed E-state index contributed by atoms with van der Waals surface area (Å²) in [4.78, 5) is 0. The van der Waals surface area contributed by atoms with Gasteiger partial charge in [-0.25, -0.2) is 4.39 Å². The molecule has 1 aliphatic carbocycles. The number of hydrogen-bond donors (Lipinski definition) is 1. The van der Waals surface area contributed by atoms with E-state index in [0.29, 0.717) is 17.9 Å². The summed E-state index contributed by atoms with van der Waals surface area (Å²) in [6, 6.07) is 16.1. The van der Waals surface area contributed by atoms with Crippen LogP contribution in [-0.4, -0.2) is 6.54 Å². The average Bonchev–Trinajstić information content (AvgIpc) is 3.27. The smallest absolute Gasteiger partial charge is 0.124 e. The van der Waals surface area contributed by atoms with E-state index in [-0.39, 0.29) is 5.82 Å². The van der Waals surface area contributed by atoms with Gasteiger partial charge >= 0.3 is 0 Å². The molecule has 0 saturated heterocycles. The molecule has 0 heterocycles. The highest BCUT2D eigenvalue weighted by Crippen LogP contribution is 2.54. The number of benzene rings is 2. The molecule has 1 nitrogen and oxygen atoms in total. The number of rotatable bonds is 5. The first-order valence-corrected chi connectivity index (χ1v) is 8.52. The lowest BCUT2D eigenvalue weighted by atomic mass is 9.98. The van der Waals surface area contributed by atoms with Gasteiger partial charge in [-0.2, -0.15) is 0 Å². The van der Waals surface area contributed by atoms with E-state index in [4.69, 9.17) is 0 Å². The summed E-state index contributed by atoms with van der Waals surface area (Å²) in [7, 11) is 0. The normalized spacial score (nSPS) is 22.0. The highest BCUT2D eigenvalue weighted by atomic mass is 127. The third-order valence-corrected chi connectivity index (χ3v) is 5.15. The quantitative estimate of drug-likeness (QED) is 0.712. The maximum Gasteiger partial charge on any atom is 0.124 e. The Morgan fingerprint density at radius 2 is 2.00 bits per heavy atom. The molecule has 2 aromatic carbocycles. The summed E-state index contributed by atoms with van der Waals surface area (Å²) in [5.41, 5.74) is 2.64. The monoisotopic (exact) mass is 395 g/mol. The minimum Gasteiger partial charge on any atom is -0.310 e. The van der Waals surface area contributed by atoms with Gasteiger partial charge in [0.25, 0.3) is 0 Å². The van der Waals surface area contributed by atoms with Gasteiger partial charge in [0.15, 0.2) is 0 Å². The molecule has 21 heavy (non-hydrogen) atoms. The highest BCUT2D eigenvalue weighted by Gasteiger charge is 2.44. The molecule has 0 spiro atoms. The number of hydrogen-bond acceptors (Lipinski definition) is 1. The highest BCUT2D eigenvalue weighted by molar-refractivity contribution is 14.1. The van der Waals surface area contributed by atoms with Gasteiger partial charge in [0, 0.05) is 9.61 Å². The molecule has 1 aliphatic rings. The Bertz CT molecular complexity index is 614. The van der Waals surface area contributed by atoms with Crippen LogP contribution in [0.3, 0.4) is 0 Å². The van der Waals surface area contributed by atoms with E-state index in [1.54, 1.807) is 12.1 Å². The van der Waals surface area contributed by atoms with Gasteiger partial charge in [-0.05, 0) is 70.7 Å². The first-order valence-electron chi connectivity index (χ1n) is 7.44. The Morgan fingerprint density at radius 1 is 1.24 bits per heavy atom. The maximum absolute atomic E-state index is 13.3. The van der Waals surface area contributed by atoms with Crippen LogP contribution in [0.15, 0.2) is 48.5 Å². The van der Waals surface area contributed by atoms with Gasteiger partial charge < -0.3 is 5.32 Å². The van der Waals surface area contributed by atoms with E-state index >= 15 is 0 Å². The molecule has 0 amide bonds. The zero-order valence-electron chi connectivity index (χ0n) is 12.0. The molecule has 3 unspecified atom stereocenters. The van der Waals surface area contributed by atoms with Crippen LogP contribution in [0.5, 0.6) is 0 Å². The third kappa shape index (κ3) is 3.29. The van der Waals surface area contributed by atoms with Crippen molar-refractivity contribution >= 4 is 22.6 Å². The molecule has 0 bridgehead atoms. The van der Waals surface area contributed by atoms with Crippen LogP contribution >= 0.6 is 22.6 Å². The summed E-state index contributed by atoms with van der Waals surface area (Å²) in [6.07, 6.45) is 1.20. The van der Waals surface area contributed by atoms with E-state index in [1.807, 2.05) is 6.07 Å². The fourth-order valence-corrected chi connectivity index (χ4v) is 3.94. The Balaban J connectivity index is 1.83. The van der Waals surface area contributed by atoms with E-state index in [0.717, 1.165) is 10.1 Å². The maximum atomic E-state index is 13.3. The van der Waals surface area contributed by atoms with Gasteiger partial charge in [-0.15, -0.1) is 0 Å². The second kappa shape index (κ2) is 6.44. The van der Waals surface area contributed by atoms with Gasteiger partial charge in [-0.3, -0.25) is 0 Å². The van der Waals surface area contributed by atoms with Gasteiger partial charge in [-0.1, -0.05) is 43.3 Å². The topological polar surface area (TPSA) is 12.0 Å². The lowest BCUT2D eigenvalue weighted by Gasteiger charge is -2.20. The summed E-state index contributed by atoms with van der Waals surface area (Å²) in [5, 5.41) is 3.59. The predicted octanol–water partition coefficient (Wildman–Crippen LogP) is 4.88. The van der Waals surface area contributed by atoms with Crippen LogP contribution < -0.4 is 5.32 Å². The van der Waals surface area contributed by atoms with Gasteiger partial charge in [0.2, 0.25) is 0 Å². The molecular formula is C18H19FIN. The van der Waals surface area contributed by atoms with E-state index in [9.17, 15) is 4.39 Å². The minimum absolute atomic E-state index is 0.159. The predicted molar refractivity (Wildman–Crippen MR) is 92.8 cm³/mol. The second-order valence-electron chi connectivity index (χ2n) is 5.62. The average molecular weight is 395 g/mol. The summed E-state index contributed by atoms with van der Waals surface area (Å²) in [5.74, 6) is 1.07. The van der Waals surface area contributed by atoms with Crippen molar-refractivity contribution < 1.29 is 4.39 Å². The Labute approximate surface area is 139 Å². The fourth-order valence-electron chi connectivity index (χ4n) is 3.13. The Kier molecular flexibility index (Phi) is 4.60. The van der Waals surface area contributed by atoms with Crippen LogP contribution in [-0.2, 0) is 0 Å². The summed E-state index contributed by atoms with van der Waals surface area (Å²) < 4.78 is 14.3. The van der Waals surface area contributed by atoms with Crippen molar-refractivity contribution in [3.05, 3.63) is 69.0 Å². The summed E-state index contributed by atoms with van der Waals surface area (Å²) in [6.45, 7) is 3.05. The van der Waals surface area contributed by atoms with Crippen molar-refractivity contribution in [2.24, 2.45) is 5.92 Å². The molecule has 0 aromatic heterocycles. The second-order valence-corrected chi connectivity index (χ2v) is 6.78. The molecule has 3 heteroatoms. The van der Waals surface area contributed by atoms with Crippen molar-refractivity contribution in [1.29, 1.82) is 0 Å². The molecule has 0 aliphatic heterocycles. The number of halogens is 2. The molecule has 1 N–H and O–H groups in total. The lowest BCUT2D eigenvalue weighted by Crippen LogP contribution is -2.24. The SMILES string of the molecule is CCNC(c1ccc(F)cc1I)C1CC1c1ccccc1. The molecule has 1 saturated carbocycles. The van der Waals surface area contributed by atoms with Gasteiger partial charge in [0.1, 0.15) is 5.82 Å². The van der Waals surface area contributed by atoms with Gasteiger partial charge in [0.05, 0.1) is 0 Å². The molecule has 3 rings (SSSR count). The van der Waals surface area contributed by atoms with Crippen molar-refractivity contribution in [1.82, 2.24) is 5.32 Å². The molecule has 3 atom stereocenters. The molecule has 110 valence electrons. The van der Waals surface area contributed by atoms with E-state index in [1.165, 1.54) is 17.5 Å². The zero-order chi connectivity index (χ0) is 14.8. The number of nitrogens with one attached hydrogen (secondary N) is 1. The van der Waals surface area contributed by atoms with Crippen molar-refractivity contribution in [2.75, 3.05) is 6.54 Å². The molecule has 0 radical (unpaired) electrons. The van der Waals surface area contributed by atoms with Crippen molar-refractivity contribution in [3.8, 4) is 0 Å². The van der Waals surface area contributed by atoms with Crippen LogP contribution in [0.4, 0.5) is 4.39 Å². The van der Waals surface area contributed by atoms with Crippen LogP contribution in [0.2, 0.25) is 0 Å². The van der Waals surface area contributed by atoms with Crippen LogP contribution in [0.1, 0.15) is 36.4 Å². The van der Waals surface area contributed by atoms with Crippen LogP contribution in [0.25, 0.3) is 0 Å². The first-order chi connectivity index (χ1) is 10.2. The first kappa shape index (κ1) is 15.0. The third-order valence-electron chi connectivity index (χ3n) is 4.22. The Morgan fingerprint density at radius 3 is 2.67 bits per heavy atom. The Hall–Kier alpha value is -0.940. The summed E-state index contributed by atoms with van der Waals surface area (Å²) >= 11 is 2.24. The van der Waals surface area contributed by atoms with Crippen molar-refractivity contribution in [2.45, 2.75) is 25.3 Å². The minimum atomic E-state index is -0.159. The molecule has 1 fully saturated rings. The standard InChI is InChI=1S/C18H19FIN/c1-2-21-18(14-9-8-13(19)10-17(14)20)16-11-15(16)12-6-4-3-5-7-12/h3-10,15-16,18,21H,2,11H2,1H3. The van der Waals surface area contributed by atoms with Crippen molar-refractivity contribution in [3.63, 3.8) is 0 Å². The molecule has 2 aromatic rings. The fraction of sp³-hybridized carbons (Fsp3) is 0.333. The van der Waals surface area contributed by atoms with E-state index in [2.05, 4.69) is 65.2 Å². The van der Waals surface area contributed by atoms with Crippen LogP contribution in [0, 0.1) is 15.3 Å². The largest absolute Gasteiger partial charge is 0.310 e. The van der Waals surface area contributed by atoms with E-state index < -0.39 is 0 Å². The molecular weight excluding hydrogens is 376 g/mol.